The van der Waals surface area contributed by atoms with Gasteiger partial charge in [0.05, 0.1) is 10.5 Å². The van der Waals surface area contributed by atoms with Crippen LogP contribution in [0.3, 0.4) is 0 Å². The number of nitrogens with one attached hydrogen (secondary N) is 1. The fraction of sp³-hybridized carbons (Fsp3) is 0.0526. The largest absolute Gasteiger partial charge is 0.348 e. The van der Waals surface area contributed by atoms with Gasteiger partial charge in [0.25, 0.3) is 5.91 Å². The fourth-order valence-electron chi connectivity index (χ4n) is 2.28. The Morgan fingerprint density at radius 2 is 1.65 bits per heavy atom. The van der Waals surface area contributed by atoms with Crippen molar-refractivity contribution in [3.8, 4) is 0 Å². The van der Waals surface area contributed by atoms with Gasteiger partial charge >= 0.3 is 0 Å². The zero-order valence-corrected chi connectivity index (χ0v) is 15.2. The molecule has 0 bridgehead atoms. The Balaban J connectivity index is 1.71. The maximum absolute atomic E-state index is 12.5. The molecule has 132 valence electrons. The van der Waals surface area contributed by atoms with Gasteiger partial charge in [0.15, 0.2) is 5.03 Å². The highest BCUT2D eigenvalue weighted by molar-refractivity contribution is 7.91. The van der Waals surface area contributed by atoms with Crippen LogP contribution >= 0.6 is 11.6 Å². The molecule has 3 aromatic rings. The maximum Gasteiger partial charge on any atom is 0.253 e. The highest BCUT2D eigenvalue weighted by Gasteiger charge is 2.19. The van der Waals surface area contributed by atoms with Crippen LogP contribution in [0, 0.1) is 0 Å². The molecule has 1 aromatic heterocycles. The number of sulfone groups is 1. The molecule has 26 heavy (non-hydrogen) atoms. The van der Waals surface area contributed by atoms with Gasteiger partial charge in [-0.3, -0.25) is 4.79 Å². The topological polar surface area (TPSA) is 76.1 Å². The number of pyridine rings is 1. The lowest BCUT2D eigenvalue weighted by Crippen LogP contribution is -2.23. The average Bonchev–Trinajstić information content (AvgIpc) is 2.68. The number of rotatable bonds is 5. The SMILES string of the molecule is O=C(NCc1ccc(Cl)cc1)c1ccc(S(=O)(=O)c2ccccc2)nc1. The van der Waals surface area contributed by atoms with E-state index >= 15 is 0 Å². The van der Waals surface area contributed by atoms with Gasteiger partial charge in [-0.1, -0.05) is 41.9 Å². The molecule has 2 aromatic carbocycles. The van der Waals surface area contributed by atoms with Gasteiger partial charge in [0.1, 0.15) is 0 Å². The van der Waals surface area contributed by atoms with E-state index in [2.05, 4.69) is 10.3 Å². The zero-order valence-electron chi connectivity index (χ0n) is 13.6. The van der Waals surface area contributed by atoms with Crippen LogP contribution in [-0.4, -0.2) is 19.3 Å². The van der Waals surface area contributed by atoms with Gasteiger partial charge in [0.2, 0.25) is 9.84 Å². The molecule has 1 amide bonds. The number of aromatic nitrogens is 1. The van der Waals surface area contributed by atoms with Gasteiger partial charge in [-0.25, -0.2) is 13.4 Å². The Morgan fingerprint density at radius 3 is 2.27 bits per heavy atom. The molecule has 0 unspecified atom stereocenters. The van der Waals surface area contributed by atoms with Gasteiger partial charge in [0, 0.05) is 17.8 Å². The van der Waals surface area contributed by atoms with Gasteiger partial charge in [-0.05, 0) is 42.0 Å². The minimum absolute atomic E-state index is 0.0991. The first kappa shape index (κ1) is 18.1. The average molecular weight is 387 g/mol. The van der Waals surface area contributed by atoms with Crippen LogP contribution in [0.2, 0.25) is 5.02 Å². The van der Waals surface area contributed by atoms with E-state index in [9.17, 15) is 13.2 Å². The first-order valence-electron chi connectivity index (χ1n) is 7.76. The van der Waals surface area contributed by atoms with Crippen molar-refractivity contribution in [2.24, 2.45) is 0 Å². The summed E-state index contributed by atoms with van der Waals surface area (Å²) in [5, 5.41) is 3.28. The third-order valence-electron chi connectivity index (χ3n) is 3.69. The lowest BCUT2D eigenvalue weighted by atomic mass is 10.2. The third kappa shape index (κ3) is 4.09. The van der Waals surface area contributed by atoms with Crippen molar-refractivity contribution in [2.45, 2.75) is 16.5 Å². The second-order valence-corrected chi connectivity index (χ2v) is 7.84. The van der Waals surface area contributed by atoms with Crippen molar-refractivity contribution in [2.75, 3.05) is 0 Å². The van der Waals surface area contributed by atoms with Crippen LogP contribution in [0.4, 0.5) is 0 Å². The predicted octanol–water partition coefficient (Wildman–Crippen LogP) is 3.50. The minimum Gasteiger partial charge on any atom is -0.348 e. The molecule has 1 heterocycles. The molecule has 0 aliphatic heterocycles. The summed E-state index contributed by atoms with van der Waals surface area (Å²) in [4.78, 5) is 16.3. The Morgan fingerprint density at radius 1 is 0.962 bits per heavy atom. The van der Waals surface area contributed by atoms with Crippen LogP contribution in [-0.2, 0) is 16.4 Å². The summed E-state index contributed by atoms with van der Waals surface area (Å²) in [5.74, 6) is -0.337. The first-order valence-corrected chi connectivity index (χ1v) is 9.62. The van der Waals surface area contributed by atoms with Gasteiger partial charge < -0.3 is 5.32 Å². The predicted molar refractivity (Wildman–Crippen MR) is 98.8 cm³/mol. The van der Waals surface area contributed by atoms with E-state index in [4.69, 9.17) is 11.6 Å². The summed E-state index contributed by atoms with van der Waals surface area (Å²) < 4.78 is 25.0. The van der Waals surface area contributed by atoms with Crippen LogP contribution in [0.5, 0.6) is 0 Å². The molecule has 0 aliphatic rings. The normalized spacial score (nSPS) is 11.1. The molecule has 7 heteroatoms. The smallest absolute Gasteiger partial charge is 0.253 e. The van der Waals surface area contributed by atoms with E-state index in [0.717, 1.165) is 5.56 Å². The fourth-order valence-corrected chi connectivity index (χ4v) is 3.60. The number of hydrogen-bond donors (Lipinski definition) is 1. The van der Waals surface area contributed by atoms with Crippen molar-refractivity contribution in [3.05, 3.63) is 89.1 Å². The van der Waals surface area contributed by atoms with Crippen molar-refractivity contribution in [1.29, 1.82) is 0 Å². The number of hydrogen-bond acceptors (Lipinski definition) is 4. The molecular weight excluding hydrogens is 372 g/mol. The third-order valence-corrected chi connectivity index (χ3v) is 5.63. The number of benzene rings is 2. The lowest BCUT2D eigenvalue weighted by Gasteiger charge is -2.07. The number of carbonyl (C=O) groups is 1. The van der Waals surface area contributed by atoms with Crippen LogP contribution in [0.25, 0.3) is 0 Å². The standard InChI is InChI=1S/C19H15ClN2O3S/c20-16-9-6-14(7-10-16)12-22-19(23)15-8-11-18(21-13-15)26(24,25)17-4-2-1-3-5-17/h1-11,13H,12H2,(H,22,23). The summed E-state index contributed by atoms with van der Waals surface area (Å²) in [6.45, 7) is 0.333. The summed E-state index contributed by atoms with van der Waals surface area (Å²) >= 11 is 5.82. The Labute approximate surface area is 156 Å². The summed E-state index contributed by atoms with van der Waals surface area (Å²) in [6, 6.07) is 17.9. The van der Waals surface area contributed by atoms with Crippen molar-refractivity contribution >= 4 is 27.3 Å². The number of halogens is 1. The molecule has 3 rings (SSSR count). The molecule has 0 aliphatic carbocycles. The number of nitrogens with zero attached hydrogens (tertiary/aromatic N) is 1. The van der Waals surface area contributed by atoms with E-state index in [0.29, 0.717) is 11.6 Å². The molecule has 0 radical (unpaired) electrons. The van der Waals surface area contributed by atoms with Crippen LogP contribution in [0.15, 0.2) is 82.8 Å². The maximum atomic E-state index is 12.5. The molecular formula is C19H15ClN2O3S. The van der Waals surface area contributed by atoms with E-state index in [1.807, 2.05) is 12.1 Å². The molecule has 0 saturated carbocycles. The summed E-state index contributed by atoms with van der Waals surface area (Å²) in [5.41, 5.74) is 1.19. The van der Waals surface area contributed by atoms with Crippen molar-refractivity contribution in [3.63, 3.8) is 0 Å². The van der Waals surface area contributed by atoms with Crippen LogP contribution < -0.4 is 5.32 Å². The van der Waals surface area contributed by atoms with Crippen LogP contribution in [0.1, 0.15) is 15.9 Å². The summed E-state index contributed by atoms with van der Waals surface area (Å²) in [6.07, 6.45) is 1.26. The molecule has 0 saturated heterocycles. The Bertz CT molecular complexity index is 1000. The van der Waals surface area contributed by atoms with E-state index < -0.39 is 9.84 Å². The van der Waals surface area contributed by atoms with Gasteiger partial charge in [-0.2, -0.15) is 0 Å². The lowest BCUT2D eigenvalue weighted by molar-refractivity contribution is 0.0950. The summed E-state index contributed by atoms with van der Waals surface area (Å²) in [7, 11) is -3.70. The first-order chi connectivity index (χ1) is 12.5. The van der Waals surface area contributed by atoms with E-state index in [-0.39, 0.29) is 21.4 Å². The van der Waals surface area contributed by atoms with Crippen molar-refractivity contribution < 1.29 is 13.2 Å². The zero-order chi connectivity index (χ0) is 18.6. The van der Waals surface area contributed by atoms with Gasteiger partial charge in [-0.15, -0.1) is 0 Å². The number of carbonyl (C=O) groups excluding carboxylic acids is 1. The quantitative estimate of drug-likeness (QED) is 0.728. The molecule has 0 atom stereocenters. The second-order valence-electron chi connectivity index (χ2n) is 5.51. The molecule has 1 N–H and O–H groups in total. The highest BCUT2D eigenvalue weighted by atomic mass is 35.5. The Kier molecular flexibility index (Phi) is 5.35. The van der Waals surface area contributed by atoms with Crippen molar-refractivity contribution in [1.82, 2.24) is 10.3 Å². The minimum atomic E-state index is -3.70. The monoisotopic (exact) mass is 386 g/mol. The molecule has 0 fully saturated rings. The molecule has 5 nitrogen and oxygen atoms in total. The van der Waals surface area contributed by atoms with E-state index in [1.165, 1.54) is 30.5 Å². The Hall–Kier alpha value is -2.70. The second kappa shape index (κ2) is 7.68. The highest BCUT2D eigenvalue weighted by Crippen LogP contribution is 2.18. The van der Waals surface area contributed by atoms with E-state index in [1.54, 1.807) is 30.3 Å². The molecule has 0 spiro atoms. The number of amides is 1.